The quantitative estimate of drug-likeness (QED) is 0.128. The van der Waals surface area contributed by atoms with Crippen LogP contribution in [0.25, 0.3) is 31.7 Å². The average Bonchev–Trinajstić information content (AvgIpc) is 3.97. The molecule has 0 radical (unpaired) electrons. The number of rotatable bonds is 9. The fourth-order valence-electron chi connectivity index (χ4n) is 10.4. The highest BCUT2D eigenvalue weighted by molar-refractivity contribution is 9.10. The van der Waals surface area contributed by atoms with Gasteiger partial charge in [0.15, 0.2) is 23.0 Å². The Morgan fingerprint density at radius 1 is 0.955 bits per heavy atom. The fourth-order valence-corrected chi connectivity index (χ4v) is 12.1. The summed E-state index contributed by atoms with van der Waals surface area (Å²) < 4.78 is 24.7. The van der Waals surface area contributed by atoms with E-state index in [0.29, 0.717) is 48.9 Å². The molecule has 0 unspecified atom stereocenters. The van der Waals surface area contributed by atoms with Crippen molar-refractivity contribution in [1.82, 2.24) is 33.3 Å². The van der Waals surface area contributed by atoms with E-state index >= 15 is 9.59 Å². The van der Waals surface area contributed by atoms with Crippen LogP contribution in [0.1, 0.15) is 42.1 Å². The Bertz CT molecular complexity index is 3490. The van der Waals surface area contributed by atoms with Crippen molar-refractivity contribution in [2.24, 2.45) is 25.4 Å². The van der Waals surface area contributed by atoms with Gasteiger partial charge in [-0.25, -0.2) is 33.4 Å². The minimum atomic E-state index is -1.50. The van der Waals surface area contributed by atoms with Gasteiger partial charge < -0.3 is 23.9 Å². The molecular weight excluding hydrogens is 956 g/mol. The van der Waals surface area contributed by atoms with E-state index in [0.717, 1.165) is 25.1 Å². The van der Waals surface area contributed by atoms with Crippen molar-refractivity contribution < 1.29 is 28.9 Å². The van der Waals surface area contributed by atoms with Crippen LogP contribution in [0.2, 0.25) is 5.02 Å². The van der Waals surface area contributed by atoms with Crippen molar-refractivity contribution in [3.8, 4) is 33.6 Å². The third-order valence-corrected chi connectivity index (χ3v) is 15.6. The van der Waals surface area contributed by atoms with Crippen LogP contribution in [0, 0.1) is 18.3 Å². The molecule has 66 heavy (non-hydrogen) atoms. The first-order valence-electron chi connectivity index (χ1n) is 20.9. The highest BCUT2D eigenvalue weighted by Gasteiger charge is 2.66. The number of halogens is 2. The van der Waals surface area contributed by atoms with Gasteiger partial charge in [-0.1, -0.05) is 33.6 Å². The summed E-state index contributed by atoms with van der Waals surface area (Å²) in [5, 5.41) is 18.2. The maximum absolute atomic E-state index is 15.3. The van der Waals surface area contributed by atoms with Crippen LogP contribution in [-0.4, -0.2) is 71.5 Å². The number of carbonyl (C=O) groups excluding carboxylic acids is 2. The van der Waals surface area contributed by atoms with E-state index < -0.39 is 52.0 Å². The van der Waals surface area contributed by atoms with E-state index in [9.17, 15) is 19.5 Å². The number of methoxy groups -OCH3 is 3. The van der Waals surface area contributed by atoms with Crippen LogP contribution in [0.5, 0.6) is 23.0 Å². The Kier molecular flexibility index (Phi) is 10.3. The summed E-state index contributed by atoms with van der Waals surface area (Å²) in [6.45, 7) is 3.47. The van der Waals surface area contributed by atoms with Gasteiger partial charge in [0.05, 0.1) is 61.2 Å². The predicted octanol–water partition coefficient (Wildman–Crippen LogP) is 6.24. The number of hydrogen-bond acceptors (Lipinski definition) is 12. The summed E-state index contributed by atoms with van der Waals surface area (Å²) in [5.74, 6) is -2.04. The van der Waals surface area contributed by atoms with Crippen molar-refractivity contribution >= 4 is 77.6 Å². The van der Waals surface area contributed by atoms with E-state index in [2.05, 4.69) is 20.9 Å². The number of phenolic OH excluding ortho intramolecular Hbond substituents is 1. The van der Waals surface area contributed by atoms with Gasteiger partial charge in [0.2, 0.25) is 11.8 Å². The summed E-state index contributed by atoms with van der Waals surface area (Å²) in [6, 6.07) is 13.1. The fraction of sp³-hybridized carbons (Fsp3) is 0.326. The number of anilines is 1. The van der Waals surface area contributed by atoms with Crippen LogP contribution in [0.15, 0.2) is 79.0 Å². The van der Waals surface area contributed by atoms with Gasteiger partial charge in [-0.2, -0.15) is 5.10 Å². The van der Waals surface area contributed by atoms with Gasteiger partial charge in [0.1, 0.15) is 17.2 Å². The SMILES string of the molecule is COc1cc2nc(CCn3c(=O)n4n(c3=O)[C@@H]3C[C@H]5C(=O)N(c6cc(-c7sc8ccc(Cl)cc8c7C)nn6C)C(=O)[C@@]5(C)[C@@H](c5cc(Br)cc(OC)c5O)C3=CC4)c(=O)n(C)c2cc1OC. The zero-order valence-electron chi connectivity index (χ0n) is 36.7. The number of fused-ring (bicyclic) bond motifs is 6. The number of benzene rings is 3. The molecule has 6 heterocycles. The zero-order chi connectivity index (χ0) is 46.8. The van der Waals surface area contributed by atoms with Crippen molar-refractivity contribution in [1.29, 1.82) is 0 Å². The van der Waals surface area contributed by atoms with Crippen LogP contribution < -0.4 is 36.0 Å². The maximum Gasteiger partial charge on any atom is 0.347 e. The molecule has 10 rings (SSSR count). The second-order valence-corrected chi connectivity index (χ2v) is 19.4. The summed E-state index contributed by atoms with van der Waals surface area (Å²) in [5.41, 5.74) is 0.296. The molecule has 1 saturated carbocycles. The second-order valence-electron chi connectivity index (χ2n) is 17.0. The number of carbonyl (C=O) groups is 2. The molecule has 20 heteroatoms. The predicted molar refractivity (Wildman–Crippen MR) is 251 cm³/mol. The lowest BCUT2D eigenvalue weighted by molar-refractivity contribution is -0.129. The Morgan fingerprint density at radius 2 is 1.68 bits per heavy atom. The molecule has 0 spiro atoms. The van der Waals surface area contributed by atoms with Crippen LogP contribution >= 0.6 is 38.9 Å². The maximum atomic E-state index is 15.3. The first-order chi connectivity index (χ1) is 31.5. The number of aromatic nitrogens is 7. The van der Waals surface area contributed by atoms with Gasteiger partial charge in [-0.3, -0.25) is 19.1 Å². The second kappa shape index (κ2) is 15.6. The Morgan fingerprint density at radius 3 is 2.41 bits per heavy atom. The third-order valence-electron chi connectivity index (χ3n) is 13.7. The van der Waals surface area contributed by atoms with Gasteiger partial charge in [0.25, 0.3) is 5.56 Å². The number of aromatic hydroxyl groups is 1. The number of aryl methyl sites for hydroxylation is 4. The number of thiophene rings is 1. The molecule has 2 aliphatic heterocycles. The van der Waals surface area contributed by atoms with Gasteiger partial charge in [0, 0.05) is 70.9 Å². The first-order valence-corrected chi connectivity index (χ1v) is 22.9. The monoisotopic (exact) mass is 996 g/mol. The topological polar surface area (TPSA) is 187 Å². The molecule has 1 saturated heterocycles. The van der Waals surface area contributed by atoms with E-state index in [1.165, 1.54) is 56.2 Å². The van der Waals surface area contributed by atoms with E-state index in [-0.39, 0.29) is 48.9 Å². The summed E-state index contributed by atoms with van der Waals surface area (Å²) in [4.78, 5) is 79.6. The number of nitrogens with zero attached hydrogens (tertiary/aromatic N) is 8. The molecule has 3 aliphatic rings. The van der Waals surface area contributed by atoms with E-state index in [1.54, 1.807) is 57.4 Å². The lowest BCUT2D eigenvalue weighted by Gasteiger charge is -2.47. The normalized spacial score (nSPS) is 20.2. The summed E-state index contributed by atoms with van der Waals surface area (Å²) in [6.07, 6.45) is 1.73. The number of phenols is 1. The van der Waals surface area contributed by atoms with Gasteiger partial charge >= 0.3 is 11.4 Å². The van der Waals surface area contributed by atoms with Crippen molar-refractivity contribution in [3.63, 3.8) is 0 Å². The van der Waals surface area contributed by atoms with Gasteiger partial charge in [-0.15, -0.1) is 11.3 Å². The first kappa shape index (κ1) is 43.5. The molecule has 2 fully saturated rings. The van der Waals surface area contributed by atoms with Gasteiger partial charge in [-0.05, 0) is 67.1 Å². The van der Waals surface area contributed by atoms with Crippen molar-refractivity contribution in [2.75, 3.05) is 26.2 Å². The lowest BCUT2D eigenvalue weighted by Crippen LogP contribution is -2.49. The number of imide groups is 1. The molecule has 1 aliphatic carbocycles. The number of hydrogen-bond donors (Lipinski definition) is 1. The standard InChI is InChI=1S/C46H42BrClN8O9S/c1-21-25-16-23(48)8-9-36(25)66-40(21)30-19-37(52(4)50-30)55-41(58)27-17-31-24(38(46(27,2)43(55)60)26-14-22(47)15-35(65-7)39(26)57)10-13-54-44(61)53(45(62)56(31)54)12-11-28-42(59)51(3)32-20-34(64-6)33(63-5)18-29(32)49-28/h8-10,14-16,18-20,27,31,38,57H,11-13,17H2,1-7H3/t27-,31+,38+,46+/m0/s1. The molecule has 0 bridgehead atoms. The third kappa shape index (κ3) is 6.18. The van der Waals surface area contributed by atoms with E-state index in [1.807, 2.05) is 25.1 Å². The minimum Gasteiger partial charge on any atom is -0.504 e. The molecule has 3 aromatic carbocycles. The van der Waals surface area contributed by atoms with Crippen molar-refractivity contribution in [2.45, 2.75) is 51.7 Å². The van der Waals surface area contributed by atoms with E-state index in [4.69, 9.17) is 30.9 Å². The molecule has 2 amide bonds. The zero-order valence-corrected chi connectivity index (χ0v) is 39.9. The Balaban J connectivity index is 1.06. The molecule has 4 atom stereocenters. The van der Waals surface area contributed by atoms with Crippen LogP contribution in [-0.2, 0) is 43.2 Å². The Hall–Kier alpha value is -6.44. The number of ether oxygens (including phenoxy) is 3. The smallest absolute Gasteiger partial charge is 0.347 e. The molecule has 1 N–H and O–H groups in total. The van der Waals surface area contributed by atoms with Crippen molar-refractivity contribution in [3.05, 3.63) is 118 Å². The lowest BCUT2D eigenvalue weighted by atomic mass is 9.56. The minimum absolute atomic E-state index is 0.0197. The van der Waals surface area contributed by atoms with Crippen LogP contribution in [0.4, 0.5) is 5.82 Å². The van der Waals surface area contributed by atoms with Crippen LogP contribution in [0.3, 0.4) is 0 Å². The number of amides is 2. The molecule has 4 aromatic heterocycles. The molecule has 17 nitrogen and oxygen atoms in total. The average molecular weight is 998 g/mol. The summed E-state index contributed by atoms with van der Waals surface area (Å²) in [7, 11) is 7.68. The highest BCUT2D eigenvalue weighted by Crippen LogP contribution is 2.63. The molecule has 7 aromatic rings. The number of allylic oxidation sites excluding steroid dienone is 2. The highest BCUT2D eigenvalue weighted by atomic mass is 79.9. The summed E-state index contributed by atoms with van der Waals surface area (Å²) >= 11 is 11.4. The Labute approximate surface area is 392 Å². The largest absolute Gasteiger partial charge is 0.504 e. The molecular formula is C46H42BrClN8O9S. The molecule has 340 valence electrons.